The molecule has 2 heterocycles. The van der Waals surface area contributed by atoms with Crippen molar-refractivity contribution in [3.63, 3.8) is 0 Å². The number of amides is 1. The molecular weight excluding hydrogens is 306 g/mol. The van der Waals surface area contributed by atoms with Crippen molar-refractivity contribution in [2.45, 2.75) is 71.9 Å². The monoisotopic (exact) mass is 335 g/mol. The maximum atomic E-state index is 13.0. The van der Waals surface area contributed by atoms with Gasteiger partial charge in [0.1, 0.15) is 0 Å². The number of likely N-dealkylation sites (tertiary alicyclic amines) is 1. The Morgan fingerprint density at radius 3 is 2.79 bits per heavy atom. The van der Waals surface area contributed by atoms with Gasteiger partial charge in [-0.2, -0.15) is 5.10 Å². The van der Waals surface area contributed by atoms with Crippen LogP contribution in [0.3, 0.4) is 0 Å². The molecule has 2 rings (SSSR count). The van der Waals surface area contributed by atoms with Crippen LogP contribution in [0.2, 0.25) is 0 Å². The molecule has 1 aliphatic heterocycles. The Kier molecular flexibility index (Phi) is 6.40. The van der Waals surface area contributed by atoms with Gasteiger partial charge in [-0.25, -0.2) is 0 Å². The van der Waals surface area contributed by atoms with Gasteiger partial charge in [0.2, 0.25) is 0 Å². The van der Waals surface area contributed by atoms with Crippen LogP contribution in [-0.2, 0) is 11.3 Å². The number of hydrogen-bond donors (Lipinski definition) is 1. The van der Waals surface area contributed by atoms with Crippen molar-refractivity contribution in [2.75, 3.05) is 6.54 Å². The Labute approximate surface area is 143 Å². The molecule has 0 spiro atoms. The second-order valence-electron chi connectivity index (χ2n) is 7.13. The van der Waals surface area contributed by atoms with Crippen LogP contribution in [0.4, 0.5) is 0 Å². The highest BCUT2D eigenvalue weighted by Crippen LogP contribution is 2.24. The maximum absolute atomic E-state index is 13.0. The Hall–Kier alpha value is -1.85. The number of carboxylic acids is 1. The maximum Gasteiger partial charge on any atom is 0.303 e. The normalized spacial score (nSPS) is 18.2. The summed E-state index contributed by atoms with van der Waals surface area (Å²) in [5.41, 5.74) is 1.56. The van der Waals surface area contributed by atoms with Crippen LogP contribution in [0.1, 0.15) is 68.4 Å². The summed E-state index contributed by atoms with van der Waals surface area (Å²) >= 11 is 0. The van der Waals surface area contributed by atoms with Gasteiger partial charge in [-0.05, 0) is 44.9 Å². The first kappa shape index (κ1) is 18.5. The Morgan fingerprint density at radius 2 is 2.12 bits per heavy atom. The number of hydrogen-bond acceptors (Lipinski definition) is 3. The fourth-order valence-electron chi connectivity index (χ4n) is 3.28. The van der Waals surface area contributed by atoms with E-state index >= 15 is 0 Å². The van der Waals surface area contributed by atoms with E-state index in [1.807, 2.05) is 16.5 Å². The molecule has 1 aromatic heterocycles. The summed E-state index contributed by atoms with van der Waals surface area (Å²) in [7, 11) is 0. The van der Waals surface area contributed by atoms with E-state index in [1.54, 1.807) is 6.20 Å². The average Bonchev–Trinajstić information content (AvgIpc) is 2.91. The number of carbonyl (C=O) groups is 2. The predicted octanol–water partition coefficient (Wildman–Crippen LogP) is 3.10. The number of nitrogens with zero attached hydrogens (tertiary/aromatic N) is 3. The molecular formula is C18H29N3O3. The number of carboxylic acid groups (broad SMARTS) is 1. The molecule has 0 saturated carbocycles. The molecule has 6 heteroatoms. The van der Waals surface area contributed by atoms with Crippen molar-refractivity contribution in [2.24, 2.45) is 5.92 Å². The Balaban J connectivity index is 2.09. The first-order chi connectivity index (χ1) is 11.4. The highest BCUT2D eigenvalue weighted by molar-refractivity contribution is 5.95. The molecule has 1 unspecified atom stereocenters. The van der Waals surface area contributed by atoms with Crippen molar-refractivity contribution >= 4 is 11.9 Å². The third-order valence-corrected chi connectivity index (χ3v) is 4.83. The highest BCUT2D eigenvalue weighted by Gasteiger charge is 2.29. The Bertz CT molecular complexity index is 580. The minimum Gasteiger partial charge on any atom is -0.481 e. The molecule has 1 fully saturated rings. The molecule has 134 valence electrons. The first-order valence-corrected chi connectivity index (χ1v) is 8.95. The predicted molar refractivity (Wildman–Crippen MR) is 92.0 cm³/mol. The fraction of sp³-hybridized carbons (Fsp3) is 0.722. The lowest BCUT2D eigenvalue weighted by Gasteiger charge is -2.35. The van der Waals surface area contributed by atoms with Crippen LogP contribution < -0.4 is 0 Å². The minimum absolute atomic E-state index is 0.00149. The molecule has 0 bridgehead atoms. The van der Waals surface area contributed by atoms with Crippen LogP contribution in [0.25, 0.3) is 0 Å². The summed E-state index contributed by atoms with van der Waals surface area (Å²) in [6, 6.07) is 0.0285. The molecule has 1 N–H and O–H groups in total. The van der Waals surface area contributed by atoms with Crippen molar-refractivity contribution in [3.8, 4) is 0 Å². The van der Waals surface area contributed by atoms with Gasteiger partial charge in [-0.15, -0.1) is 0 Å². The third kappa shape index (κ3) is 4.58. The molecule has 1 atom stereocenters. The lowest BCUT2D eigenvalue weighted by molar-refractivity contribution is -0.137. The van der Waals surface area contributed by atoms with Crippen LogP contribution in [0.5, 0.6) is 0 Å². The van der Waals surface area contributed by atoms with E-state index in [2.05, 4.69) is 18.9 Å². The number of carbonyl (C=O) groups excluding carboxylic acids is 1. The van der Waals surface area contributed by atoms with Gasteiger partial charge in [0, 0.05) is 31.2 Å². The standard InChI is InChI=1S/C18H29N3O3/c1-13(2)9-11-21-14(3)16(12-19-21)18(24)20-10-5-4-6-15(20)7-8-17(22)23/h12-13,15H,4-11H2,1-3H3,(H,22,23). The van der Waals surface area contributed by atoms with E-state index in [1.165, 1.54) is 0 Å². The molecule has 1 aliphatic rings. The molecule has 1 amide bonds. The van der Waals surface area contributed by atoms with Crippen LogP contribution in [0.15, 0.2) is 6.20 Å². The van der Waals surface area contributed by atoms with E-state index in [0.717, 1.165) is 37.9 Å². The lowest BCUT2D eigenvalue weighted by atomic mass is 9.97. The zero-order valence-corrected chi connectivity index (χ0v) is 15.0. The molecule has 0 aromatic carbocycles. The highest BCUT2D eigenvalue weighted by atomic mass is 16.4. The summed E-state index contributed by atoms with van der Waals surface area (Å²) in [6.07, 6.45) is 6.26. The molecule has 0 radical (unpaired) electrons. The van der Waals surface area contributed by atoms with Crippen LogP contribution >= 0.6 is 0 Å². The van der Waals surface area contributed by atoms with Gasteiger partial charge in [0.15, 0.2) is 0 Å². The molecule has 1 aromatic rings. The number of aliphatic carboxylic acids is 1. The summed E-state index contributed by atoms with van der Waals surface area (Å²) < 4.78 is 1.91. The van der Waals surface area contributed by atoms with Gasteiger partial charge >= 0.3 is 5.97 Å². The van der Waals surface area contributed by atoms with Crippen molar-refractivity contribution < 1.29 is 14.7 Å². The van der Waals surface area contributed by atoms with E-state index in [0.29, 0.717) is 24.4 Å². The third-order valence-electron chi connectivity index (χ3n) is 4.83. The summed E-state index contributed by atoms with van der Waals surface area (Å²) in [5, 5.41) is 13.3. The van der Waals surface area contributed by atoms with Crippen molar-refractivity contribution in [3.05, 3.63) is 17.5 Å². The summed E-state index contributed by atoms with van der Waals surface area (Å²) in [4.78, 5) is 25.7. The largest absolute Gasteiger partial charge is 0.481 e. The van der Waals surface area contributed by atoms with Crippen molar-refractivity contribution in [1.82, 2.24) is 14.7 Å². The van der Waals surface area contributed by atoms with Gasteiger partial charge in [-0.1, -0.05) is 13.8 Å². The summed E-state index contributed by atoms with van der Waals surface area (Å²) in [6.45, 7) is 7.81. The van der Waals surface area contributed by atoms with Crippen LogP contribution in [-0.4, -0.2) is 44.3 Å². The van der Waals surface area contributed by atoms with E-state index in [4.69, 9.17) is 5.11 Å². The van der Waals surface area contributed by atoms with Gasteiger partial charge in [0.05, 0.1) is 11.8 Å². The average molecular weight is 335 g/mol. The van der Waals surface area contributed by atoms with E-state index in [-0.39, 0.29) is 18.4 Å². The van der Waals surface area contributed by atoms with Gasteiger partial charge in [0.25, 0.3) is 5.91 Å². The quantitative estimate of drug-likeness (QED) is 0.831. The number of rotatable bonds is 7. The SMILES string of the molecule is Cc1c(C(=O)N2CCCCC2CCC(=O)O)cnn1CCC(C)C. The first-order valence-electron chi connectivity index (χ1n) is 8.95. The van der Waals surface area contributed by atoms with Gasteiger partial charge < -0.3 is 10.0 Å². The Morgan fingerprint density at radius 1 is 1.38 bits per heavy atom. The lowest BCUT2D eigenvalue weighted by Crippen LogP contribution is -2.44. The molecule has 24 heavy (non-hydrogen) atoms. The summed E-state index contributed by atoms with van der Waals surface area (Å²) in [5.74, 6) is -0.209. The zero-order chi connectivity index (χ0) is 17.7. The second-order valence-corrected chi connectivity index (χ2v) is 7.13. The molecule has 1 saturated heterocycles. The zero-order valence-electron chi connectivity index (χ0n) is 15.0. The molecule has 6 nitrogen and oxygen atoms in total. The van der Waals surface area contributed by atoms with E-state index < -0.39 is 5.97 Å². The minimum atomic E-state index is -0.800. The van der Waals surface area contributed by atoms with Gasteiger partial charge in [-0.3, -0.25) is 14.3 Å². The van der Waals surface area contributed by atoms with Crippen molar-refractivity contribution in [1.29, 1.82) is 0 Å². The fourth-order valence-corrected chi connectivity index (χ4v) is 3.28. The van der Waals surface area contributed by atoms with Crippen LogP contribution in [0, 0.1) is 12.8 Å². The number of aromatic nitrogens is 2. The molecule has 0 aliphatic carbocycles. The topological polar surface area (TPSA) is 75.4 Å². The smallest absolute Gasteiger partial charge is 0.303 e. The second kappa shape index (κ2) is 8.31. The van der Waals surface area contributed by atoms with E-state index in [9.17, 15) is 9.59 Å². The number of aryl methyl sites for hydroxylation is 1. The number of piperidine rings is 1.